The van der Waals surface area contributed by atoms with Crippen LogP contribution in [0.1, 0.15) is 50.1 Å². The maximum absolute atomic E-state index is 12.5. The standard InChI is InChI=1S/C20H31N3O2.ClH/c21-18(17-7-3-1-4-8-17)15-19(24)22-16-20(9-5-2-6-10-20)23-11-13-25-14-12-23;/h1,3-4,7-8,18H,2,5-6,9-16,21H2,(H,22,24);1H. The zero-order valence-corrected chi connectivity index (χ0v) is 16.3. The molecule has 1 saturated carbocycles. The smallest absolute Gasteiger partial charge is 0.221 e. The summed E-state index contributed by atoms with van der Waals surface area (Å²) >= 11 is 0. The summed E-state index contributed by atoms with van der Waals surface area (Å²) in [5.74, 6) is 0.0505. The Balaban J connectivity index is 0.00000243. The zero-order valence-electron chi connectivity index (χ0n) is 15.5. The van der Waals surface area contributed by atoms with Gasteiger partial charge in [-0.25, -0.2) is 0 Å². The Labute approximate surface area is 163 Å². The van der Waals surface area contributed by atoms with Crippen LogP contribution in [0.5, 0.6) is 0 Å². The van der Waals surface area contributed by atoms with Crippen LogP contribution in [-0.2, 0) is 9.53 Å². The van der Waals surface area contributed by atoms with Gasteiger partial charge in [0.2, 0.25) is 5.91 Å². The van der Waals surface area contributed by atoms with E-state index in [0.717, 1.165) is 51.3 Å². The van der Waals surface area contributed by atoms with Crippen LogP contribution in [0.4, 0.5) is 0 Å². The number of morpholine rings is 1. The lowest BCUT2D eigenvalue weighted by molar-refractivity contribution is -0.122. The van der Waals surface area contributed by atoms with Gasteiger partial charge in [-0.3, -0.25) is 9.69 Å². The first kappa shape index (κ1) is 21.2. The van der Waals surface area contributed by atoms with Crippen molar-refractivity contribution in [3.8, 4) is 0 Å². The van der Waals surface area contributed by atoms with Crippen LogP contribution in [-0.4, -0.2) is 49.2 Å². The number of nitrogens with zero attached hydrogens (tertiary/aromatic N) is 1. The molecule has 1 aromatic rings. The Morgan fingerprint density at radius 2 is 1.81 bits per heavy atom. The van der Waals surface area contributed by atoms with Crippen molar-refractivity contribution in [2.45, 2.75) is 50.1 Å². The number of carbonyl (C=O) groups is 1. The number of hydrogen-bond acceptors (Lipinski definition) is 4. The molecule has 1 aliphatic heterocycles. The van der Waals surface area contributed by atoms with Gasteiger partial charge in [-0.2, -0.15) is 0 Å². The number of amides is 1. The molecule has 146 valence electrons. The van der Waals surface area contributed by atoms with E-state index in [9.17, 15) is 4.79 Å². The molecule has 1 amide bonds. The van der Waals surface area contributed by atoms with E-state index in [-0.39, 0.29) is 29.9 Å². The topological polar surface area (TPSA) is 67.6 Å². The Bertz CT molecular complexity index is 543. The van der Waals surface area contributed by atoms with Crippen molar-refractivity contribution in [1.29, 1.82) is 0 Å². The highest BCUT2D eigenvalue weighted by molar-refractivity contribution is 5.85. The maximum atomic E-state index is 12.5. The van der Waals surface area contributed by atoms with E-state index < -0.39 is 0 Å². The molecular weight excluding hydrogens is 350 g/mol. The summed E-state index contributed by atoms with van der Waals surface area (Å²) in [7, 11) is 0. The normalized spacial score (nSPS) is 21.4. The molecule has 0 radical (unpaired) electrons. The highest BCUT2D eigenvalue weighted by Crippen LogP contribution is 2.34. The first-order valence-electron chi connectivity index (χ1n) is 9.60. The molecule has 2 aliphatic rings. The van der Waals surface area contributed by atoms with Crippen molar-refractivity contribution in [2.24, 2.45) is 5.73 Å². The fourth-order valence-corrected chi connectivity index (χ4v) is 4.21. The molecule has 1 aliphatic carbocycles. The summed E-state index contributed by atoms with van der Waals surface area (Å²) in [6.07, 6.45) is 6.46. The van der Waals surface area contributed by atoms with Crippen LogP contribution >= 0.6 is 12.4 Å². The first-order valence-corrected chi connectivity index (χ1v) is 9.60. The van der Waals surface area contributed by atoms with Gasteiger partial charge in [-0.15, -0.1) is 12.4 Å². The molecule has 1 heterocycles. The molecule has 0 bridgehead atoms. The SMILES string of the molecule is Cl.NC(CC(=O)NCC1(N2CCOCC2)CCCCC1)c1ccccc1. The van der Waals surface area contributed by atoms with Crippen LogP contribution in [0.15, 0.2) is 30.3 Å². The number of nitrogens with two attached hydrogens (primary N) is 1. The van der Waals surface area contributed by atoms with Crippen LogP contribution in [0.25, 0.3) is 0 Å². The number of nitrogens with one attached hydrogen (secondary N) is 1. The molecule has 1 atom stereocenters. The van der Waals surface area contributed by atoms with E-state index in [1.807, 2.05) is 30.3 Å². The van der Waals surface area contributed by atoms with Crippen molar-refractivity contribution in [2.75, 3.05) is 32.8 Å². The predicted molar refractivity (Wildman–Crippen MR) is 106 cm³/mol. The number of benzene rings is 1. The molecule has 2 fully saturated rings. The van der Waals surface area contributed by atoms with Gasteiger partial charge >= 0.3 is 0 Å². The van der Waals surface area contributed by atoms with Crippen molar-refractivity contribution in [3.05, 3.63) is 35.9 Å². The Kier molecular flexibility index (Phi) is 8.35. The molecule has 5 nitrogen and oxygen atoms in total. The lowest BCUT2D eigenvalue weighted by Gasteiger charge is -2.48. The average molecular weight is 382 g/mol. The van der Waals surface area contributed by atoms with Crippen molar-refractivity contribution < 1.29 is 9.53 Å². The number of rotatable bonds is 6. The molecule has 0 aromatic heterocycles. The van der Waals surface area contributed by atoms with Crippen molar-refractivity contribution in [3.63, 3.8) is 0 Å². The molecule has 3 N–H and O–H groups in total. The van der Waals surface area contributed by atoms with Gasteiger partial charge < -0.3 is 15.8 Å². The van der Waals surface area contributed by atoms with Crippen LogP contribution in [0.3, 0.4) is 0 Å². The molecule has 1 aromatic carbocycles. The summed E-state index contributed by atoms with van der Waals surface area (Å²) in [4.78, 5) is 15.0. The number of hydrogen-bond donors (Lipinski definition) is 2. The molecule has 1 saturated heterocycles. The fourth-order valence-electron chi connectivity index (χ4n) is 4.21. The van der Waals surface area contributed by atoms with E-state index in [4.69, 9.17) is 10.5 Å². The minimum absolute atomic E-state index is 0. The second-order valence-electron chi connectivity index (χ2n) is 7.38. The first-order chi connectivity index (χ1) is 12.2. The molecular formula is C20H32ClN3O2. The van der Waals surface area contributed by atoms with Gasteiger partial charge in [0.25, 0.3) is 0 Å². The van der Waals surface area contributed by atoms with Crippen LogP contribution in [0.2, 0.25) is 0 Å². The molecule has 0 spiro atoms. The lowest BCUT2D eigenvalue weighted by Crippen LogP contribution is -2.59. The van der Waals surface area contributed by atoms with Gasteiger partial charge in [0.05, 0.1) is 13.2 Å². The summed E-state index contributed by atoms with van der Waals surface area (Å²) in [6.45, 7) is 4.27. The lowest BCUT2D eigenvalue weighted by atomic mass is 9.79. The fraction of sp³-hybridized carbons (Fsp3) is 0.650. The largest absolute Gasteiger partial charge is 0.379 e. The monoisotopic (exact) mass is 381 g/mol. The van der Waals surface area contributed by atoms with Gasteiger partial charge in [0.1, 0.15) is 0 Å². The Hall–Kier alpha value is -1.14. The van der Waals surface area contributed by atoms with E-state index in [1.54, 1.807) is 0 Å². The second kappa shape index (κ2) is 10.3. The van der Waals surface area contributed by atoms with Crippen molar-refractivity contribution >= 4 is 18.3 Å². The summed E-state index contributed by atoms with van der Waals surface area (Å²) in [6, 6.07) is 9.60. The highest BCUT2D eigenvalue weighted by atomic mass is 35.5. The van der Waals surface area contributed by atoms with Crippen LogP contribution < -0.4 is 11.1 Å². The van der Waals surface area contributed by atoms with Gasteiger partial charge in [0.15, 0.2) is 0 Å². The predicted octanol–water partition coefficient (Wildman–Crippen LogP) is 2.65. The van der Waals surface area contributed by atoms with E-state index in [2.05, 4.69) is 10.2 Å². The maximum Gasteiger partial charge on any atom is 0.221 e. The van der Waals surface area contributed by atoms with Crippen molar-refractivity contribution in [1.82, 2.24) is 10.2 Å². The average Bonchev–Trinajstić information content (AvgIpc) is 2.68. The summed E-state index contributed by atoms with van der Waals surface area (Å²) in [5, 5.41) is 3.19. The minimum Gasteiger partial charge on any atom is -0.379 e. The van der Waals surface area contributed by atoms with Gasteiger partial charge in [0, 0.05) is 37.6 Å². The Morgan fingerprint density at radius 3 is 2.46 bits per heavy atom. The van der Waals surface area contributed by atoms with E-state index in [0.29, 0.717) is 6.42 Å². The number of halogens is 1. The van der Waals surface area contributed by atoms with E-state index in [1.165, 1.54) is 19.3 Å². The summed E-state index contributed by atoms with van der Waals surface area (Å²) < 4.78 is 5.52. The van der Waals surface area contributed by atoms with Crippen LogP contribution in [0, 0.1) is 0 Å². The minimum atomic E-state index is -0.244. The molecule has 26 heavy (non-hydrogen) atoms. The van der Waals surface area contributed by atoms with Gasteiger partial charge in [-0.05, 0) is 18.4 Å². The Morgan fingerprint density at radius 1 is 1.15 bits per heavy atom. The van der Waals surface area contributed by atoms with E-state index >= 15 is 0 Å². The quantitative estimate of drug-likeness (QED) is 0.794. The molecule has 6 heteroatoms. The molecule has 3 rings (SSSR count). The third-order valence-electron chi connectivity index (χ3n) is 5.71. The summed E-state index contributed by atoms with van der Waals surface area (Å²) in [5.41, 5.74) is 7.31. The second-order valence-corrected chi connectivity index (χ2v) is 7.38. The third-order valence-corrected chi connectivity index (χ3v) is 5.71. The highest BCUT2D eigenvalue weighted by Gasteiger charge is 2.38. The molecule has 1 unspecified atom stereocenters. The number of ether oxygens (including phenoxy) is 1. The zero-order chi connectivity index (χ0) is 17.5. The number of carbonyl (C=O) groups excluding carboxylic acids is 1. The van der Waals surface area contributed by atoms with Gasteiger partial charge in [-0.1, -0.05) is 49.6 Å². The third kappa shape index (κ3) is 5.43.